The van der Waals surface area contributed by atoms with Crippen LogP contribution in [0.25, 0.3) is 0 Å². The molecule has 0 bridgehead atoms. The van der Waals surface area contributed by atoms with Gasteiger partial charge in [0.25, 0.3) is 0 Å². The SMILES string of the molecule is FC(F)(F)c1cc(Sc2ccccc2)cc(C(F)(F)F)c1. The maximum atomic E-state index is 12.7. The Bertz CT molecular complexity index is 583. The van der Waals surface area contributed by atoms with Crippen molar-refractivity contribution in [3.63, 3.8) is 0 Å². The number of hydrogen-bond donors (Lipinski definition) is 0. The van der Waals surface area contributed by atoms with Crippen molar-refractivity contribution in [3.05, 3.63) is 59.7 Å². The summed E-state index contributed by atoms with van der Waals surface area (Å²) < 4.78 is 76.2. The van der Waals surface area contributed by atoms with Crippen LogP contribution in [0.1, 0.15) is 11.1 Å². The van der Waals surface area contributed by atoms with Crippen LogP contribution in [0.2, 0.25) is 0 Å². The Kier molecular flexibility index (Phi) is 4.22. The van der Waals surface area contributed by atoms with Gasteiger partial charge in [0.2, 0.25) is 0 Å². The fourth-order valence-corrected chi connectivity index (χ4v) is 2.55. The van der Waals surface area contributed by atoms with Crippen LogP contribution in [0, 0.1) is 0 Å². The zero-order valence-electron chi connectivity index (χ0n) is 10.3. The van der Waals surface area contributed by atoms with E-state index in [0.29, 0.717) is 17.0 Å². The second kappa shape index (κ2) is 5.63. The largest absolute Gasteiger partial charge is 0.416 e. The number of hydrogen-bond acceptors (Lipinski definition) is 1. The minimum absolute atomic E-state index is 0.108. The summed E-state index contributed by atoms with van der Waals surface area (Å²) in [6, 6.07) is 9.78. The summed E-state index contributed by atoms with van der Waals surface area (Å²) in [5.74, 6) is 0. The molecule has 21 heavy (non-hydrogen) atoms. The van der Waals surface area contributed by atoms with Gasteiger partial charge in [-0.15, -0.1) is 0 Å². The van der Waals surface area contributed by atoms with Crippen LogP contribution in [0.5, 0.6) is 0 Å². The molecule has 0 nitrogen and oxygen atoms in total. The van der Waals surface area contributed by atoms with E-state index in [0.717, 1.165) is 11.8 Å². The lowest BCUT2D eigenvalue weighted by molar-refractivity contribution is -0.143. The summed E-state index contributed by atoms with van der Waals surface area (Å²) in [7, 11) is 0. The van der Waals surface area contributed by atoms with Gasteiger partial charge in [-0.25, -0.2) is 0 Å². The highest BCUT2D eigenvalue weighted by atomic mass is 32.2. The van der Waals surface area contributed by atoms with Gasteiger partial charge in [0.1, 0.15) is 0 Å². The molecule has 0 aliphatic heterocycles. The van der Waals surface area contributed by atoms with E-state index < -0.39 is 23.5 Å². The number of halogens is 6. The minimum atomic E-state index is -4.83. The monoisotopic (exact) mass is 322 g/mol. The van der Waals surface area contributed by atoms with Crippen molar-refractivity contribution in [3.8, 4) is 0 Å². The zero-order chi connectivity index (χ0) is 15.7. The summed E-state index contributed by atoms with van der Waals surface area (Å²) >= 11 is 0.848. The molecule has 2 rings (SSSR count). The average molecular weight is 322 g/mol. The van der Waals surface area contributed by atoms with Crippen molar-refractivity contribution in [2.24, 2.45) is 0 Å². The Labute approximate surface area is 120 Å². The van der Waals surface area contributed by atoms with Crippen molar-refractivity contribution in [2.75, 3.05) is 0 Å². The Morgan fingerprint density at radius 1 is 0.619 bits per heavy atom. The predicted octanol–water partition coefficient (Wildman–Crippen LogP) is 5.88. The summed E-state index contributed by atoms with van der Waals surface area (Å²) in [6.07, 6.45) is -9.65. The second-order valence-electron chi connectivity index (χ2n) is 4.16. The van der Waals surface area contributed by atoms with E-state index in [1.165, 1.54) is 0 Å². The van der Waals surface area contributed by atoms with Gasteiger partial charge in [0.15, 0.2) is 0 Å². The molecular weight excluding hydrogens is 314 g/mol. The molecule has 0 saturated heterocycles. The lowest BCUT2D eigenvalue weighted by Crippen LogP contribution is -2.10. The molecule has 0 N–H and O–H groups in total. The molecule has 0 unspecified atom stereocenters. The van der Waals surface area contributed by atoms with Crippen LogP contribution in [0.3, 0.4) is 0 Å². The van der Waals surface area contributed by atoms with E-state index in [1.54, 1.807) is 30.3 Å². The normalized spacial score (nSPS) is 12.5. The van der Waals surface area contributed by atoms with Gasteiger partial charge in [0, 0.05) is 9.79 Å². The van der Waals surface area contributed by atoms with Crippen LogP contribution >= 0.6 is 11.8 Å². The van der Waals surface area contributed by atoms with E-state index in [-0.39, 0.29) is 11.0 Å². The highest BCUT2D eigenvalue weighted by Gasteiger charge is 2.36. The van der Waals surface area contributed by atoms with Crippen molar-refractivity contribution in [2.45, 2.75) is 22.1 Å². The van der Waals surface area contributed by atoms with Gasteiger partial charge in [-0.3, -0.25) is 0 Å². The topological polar surface area (TPSA) is 0 Å². The Balaban J connectivity index is 2.45. The zero-order valence-corrected chi connectivity index (χ0v) is 11.1. The lowest BCUT2D eigenvalue weighted by Gasteiger charge is -2.14. The third-order valence-corrected chi connectivity index (χ3v) is 3.52. The summed E-state index contributed by atoms with van der Waals surface area (Å²) in [5, 5.41) is 0. The average Bonchev–Trinajstić information content (AvgIpc) is 2.37. The first kappa shape index (κ1) is 15.8. The van der Waals surface area contributed by atoms with Crippen molar-refractivity contribution < 1.29 is 26.3 Å². The van der Waals surface area contributed by atoms with Gasteiger partial charge < -0.3 is 0 Å². The van der Waals surface area contributed by atoms with Crippen molar-refractivity contribution in [1.82, 2.24) is 0 Å². The maximum Gasteiger partial charge on any atom is 0.416 e. The first-order chi connectivity index (χ1) is 9.66. The quantitative estimate of drug-likeness (QED) is 0.623. The Morgan fingerprint density at radius 2 is 1.10 bits per heavy atom. The maximum absolute atomic E-state index is 12.7. The van der Waals surface area contributed by atoms with Gasteiger partial charge in [-0.2, -0.15) is 26.3 Å². The smallest absolute Gasteiger partial charge is 0.166 e. The molecule has 2 aromatic rings. The lowest BCUT2D eigenvalue weighted by atomic mass is 10.1. The molecule has 0 heterocycles. The molecule has 0 aliphatic carbocycles. The standard InChI is InChI=1S/C14H8F6S/c15-13(16,17)9-6-10(14(18,19)20)8-12(7-9)21-11-4-2-1-3-5-11/h1-8H. The van der Waals surface area contributed by atoms with E-state index >= 15 is 0 Å². The molecule has 0 radical (unpaired) electrons. The van der Waals surface area contributed by atoms with Crippen LogP contribution in [-0.4, -0.2) is 0 Å². The fraction of sp³-hybridized carbons (Fsp3) is 0.143. The Morgan fingerprint density at radius 3 is 1.52 bits per heavy atom. The molecular formula is C14H8F6S. The van der Waals surface area contributed by atoms with Crippen LogP contribution < -0.4 is 0 Å². The molecule has 112 valence electrons. The van der Waals surface area contributed by atoms with E-state index in [1.807, 2.05) is 0 Å². The molecule has 0 fully saturated rings. The van der Waals surface area contributed by atoms with Gasteiger partial charge in [-0.05, 0) is 30.3 Å². The molecule has 0 saturated carbocycles. The third kappa shape index (κ3) is 4.17. The van der Waals surface area contributed by atoms with Crippen molar-refractivity contribution in [1.29, 1.82) is 0 Å². The van der Waals surface area contributed by atoms with Crippen LogP contribution in [0.15, 0.2) is 58.3 Å². The Hall–Kier alpha value is -1.63. The molecule has 0 aliphatic rings. The van der Waals surface area contributed by atoms with Gasteiger partial charge in [-0.1, -0.05) is 30.0 Å². The first-order valence-corrected chi connectivity index (χ1v) is 6.50. The highest BCUT2D eigenvalue weighted by Crippen LogP contribution is 2.39. The van der Waals surface area contributed by atoms with Crippen LogP contribution in [0.4, 0.5) is 26.3 Å². The number of alkyl halides is 6. The molecule has 0 atom stereocenters. The minimum Gasteiger partial charge on any atom is -0.166 e. The molecule has 2 aromatic carbocycles. The van der Waals surface area contributed by atoms with Crippen LogP contribution in [-0.2, 0) is 12.4 Å². The molecule has 7 heteroatoms. The summed E-state index contributed by atoms with van der Waals surface area (Å²) in [4.78, 5) is 0.452. The number of rotatable bonds is 2. The van der Waals surface area contributed by atoms with Gasteiger partial charge in [0.05, 0.1) is 11.1 Å². The highest BCUT2D eigenvalue weighted by molar-refractivity contribution is 7.99. The van der Waals surface area contributed by atoms with E-state index in [9.17, 15) is 26.3 Å². The molecule has 0 amide bonds. The molecule has 0 spiro atoms. The summed E-state index contributed by atoms with van der Waals surface area (Å²) in [5.41, 5.74) is -2.62. The predicted molar refractivity (Wildman–Crippen MR) is 67.0 cm³/mol. The fourth-order valence-electron chi connectivity index (χ4n) is 1.61. The van der Waals surface area contributed by atoms with E-state index in [4.69, 9.17) is 0 Å². The second-order valence-corrected chi connectivity index (χ2v) is 5.30. The first-order valence-electron chi connectivity index (χ1n) is 5.68. The van der Waals surface area contributed by atoms with Gasteiger partial charge >= 0.3 is 12.4 Å². The molecule has 0 aromatic heterocycles. The third-order valence-electron chi connectivity index (χ3n) is 2.54. The number of benzene rings is 2. The summed E-state index contributed by atoms with van der Waals surface area (Å²) in [6.45, 7) is 0. The van der Waals surface area contributed by atoms with Crippen molar-refractivity contribution >= 4 is 11.8 Å². The van der Waals surface area contributed by atoms with E-state index in [2.05, 4.69) is 0 Å².